The zero-order valence-corrected chi connectivity index (χ0v) is 17.5. The summed E-state index contributed by atoms with van der Waals surface area (Å²) in [6.45, 7) is 7.97. The van der Waals surface area contributed by atoms with Crippen molar-refractivity contribution in [3.05, 3.63) is 23.8 Å². The summed E-state index contributed by atoms with van der Waals surface area (Å²) in [5.74, 6) is -1.33. The zero-order valence-electron chi connectivity index (χ0n) is 17.5. The molecule has 7 nitrogen and oxygen atoms in total. The summed E-state index contributed by atoms with van der Waals surface area (Å²) in [5.41, 5.74) is 0.681. The molecule has 2 rings (SSSR count). The maximum atomic E-state index is 12.7. The molecule has 1 N–H and O–H groups in total. The number of carboxylic acids is 1. The van der Waals surface area contributed by atoms with E-state index in [2.05, 4.69) is 4.99 Å². The predicted octanol–water partition coefficient (Wildman–Crippen LogP) is 3.13. The number of carbonyl (C=O) groups excluding carboxylic acids is 2. The zero-order chi connectivity index (χ0) is 21.6. The van der Waals surface area contributed by atoms with Crippen molar-refractivity contribution in [2.45, 2.75) is 47.0 Å². The molecule has 1 saturated carbocycles. The van der Waals surface area contributed by atoms with Crippen LogP contribution in [-0.2, 0) is 20.8 Å². The molecule has 0 heterocycles. The van der Waals surface area contributed by atoms with Crippen molar-refractivity contribution in [3.8, 4) is 11.5 Å². The molecule has 7 heteroatoms. The van der Waals surface area contributed by atoms with E-state index in [-0.39, 0.29) is 36.2 Å². The molecule has 1 aliphatic carbocycles. The Bertz CT molecular complexity index is 792. The highest BCUT2D eigenvalue weighted by Gasteiger charge is 2.42. The molecule has 158 valence electrons. The van der Waals surface area contributed by atoms with Gasteiger partial charge in [-0.25, -0.2) is 0 Å². The second-order valence-corrected chi connectivity index (χ2v) is 7.91. The number of aliphatic carboxylic acids is 1. The molecule has 0 unspecified atom stereocenters. The van der Waals surface area contributed by atoms with Crippen molar-refractivity contribution in [2.75, 3.05) is 19.8 Å². The van der Waals surface area contributed by atoms with Crippen LogP contribution in [0.2, 0.25) is 0 Å². The monoisotopic (exact) mass is 403 g/mol. The fraction of sp³-hybridized carbons (Fsp3) is 0.545. The first-order valence-corrected chi connectivity index (χ1v) is 9.85. The van der Waals surface area contributed by atoms with Crippen molar-refractivity contribution in [1.82, 2.24) is 0 Å². The fourth-order valence-electron chi connectivity index (χ4n) is 3.59. The highest BCUT2D eigenvalue weighted by molar-refractivity contribution is 6.23. The second-order valence-electron chi connectivity index (χ2n) is 7.91. The average Bonchev–Trinajstić information content (AvgIpc) is 2.60. The Morgan fingerprint density at radius 1 is 1.10 bits per heavy atom. The molecule has 0 radical (unpaired) electrons. The summed E-state index contributed by atoms with van der Waals surface area (Å²) >= 11 is 0. The van der Waals surface area contributed by atoms with E-state index in [4.69, 9.17) is 14.6 Å². The van der Waals surface area contributed by atoms with Crippen LogP contribution < -0.4 is 9.47 Å². The van der Waals surface area contributed by atoms with Crippen LogP contribution >= 0.6 is 0 Å². The molecule has 0 atom stereocenters. The Kier molecular flexibility index (Phi) is 7.53. The Morgan fingerprint density at radius 3 is 2.24 bits per heavy atom. The summed E-state index contributed by atoms with van der Waals surface area (Å²) in [7, 11) is 0. The number of carboxylic acid groups (broad SMARTS) is 1. The minimum absolute atomic E-state index is 0.197. The van der Waals surface area contributed by atoms with E-state index >= 15 is 0 Å². The van der Waals surface area contributed by atoms with Crippen LogP contribution in [0, 0.1) is 11.3 Å². The van der Waals surface area contributed by atoms with Gasteiger partial charge in [-0.15, -0.1) is 0 Å². The molecule has 0 saturated heterocycles. The van der Waals surface area contributed by atoms with E-state index in [1.54, 1.807) is 12.1 Å². The number of ether oxygens (including phenoxy) is 2. The summed E-state index contributed by atoms with van der Waals surface area (Å²) in [4.78, 5) is 40.6. The molecule has 1 aromatic carbocycles. The van der Waals surface area contributed by atoms with Gasteiger partial charge in [0.15, 0.2) is 11.5 Å². The average molecular weight is 403 g/mol. The number of aliphatic imine (C=N–C) groups is 1. The van der Waals surface area contributed by atoms with Gasteiger partial charge in [-0.05, 0) is 37.0 Å². The van der Waals surface area contributed by atoms with Gasteiger partial charge >= 0.3 is 5.97 Å². The Labute approximate surface area is 171 Å². The normalized spacial score (nSPS) is 17.3. The van der Waals surface area contributed by atoms with Crippen molar-refractivity contribution < 1.29 is 29.0 Å². The SMILES string of the molecule is CCOc1ccc(CC(=NCC(=O)O)C2C(=O)CC(C)(C)CC2=O)cc1OCC. The van der Waals surface area contributed by atoms with E-state index in [1.807, 2.05) is 33.8 Å². The number of rotatable bonds is 9. The molecule has 0 aromatic heterocycles. The van der Waals surface area contributed by atoms with Crippen LogP contribution in [-0.4, -0.2) is 48.1 Å². The number of nitrogens with zero attached hydrogens (tertiary/aromatic N) is 1. The number of ketones is 2. The standard InChI is InChI=1S/C22H29NO6/c1-5-28-18-8-7-14(10-19(18)29-6-2)9-15(23-13-20(26)27)21-16(24)11-22(3,4)12-17(21)25/h7-8,10,21H,5-6,9,11-13H2,1-4H3,(H,26,27). The topological polar surface area (TPSA) is 102 Å². The highest BCUT2D eigenvalue weighted by atomic mass is 16.5. The number of hydrogen-bond acceptors (Lipinski definition) is 6. The molecule has 0 spiro atoms. The first kappa shape index (κ1) is 22.6. The third-order valence-electron chi connectivity index (χ3n) is 4.69. The maximum Gasteiger partial charge on any atom is 0.325 e. The fourth-order valence-corrected chi connectivity index (χ4v) is 3.59. The van der Waals surface area contributed by atoms with E-state index in [9.17, 15) is 14.4 Å². The molecule has 0 amide bonds. The van der Waals surface area contributed by atoms with Crippen molar-refractivity contribution in [3.63, 3.8) is 0 Å². The van der Waals surface area contributed by atoms with Gasteiger partial charge in [0.1, 0.15) is 24.0 Å². The maximum absolute atomic E-state index is 12.7. The Morgan fingerprint density at radius 2 is 1.69 bits per heavy atom. The van der Waals surface area contributed by atoms with Crippen LogP contribution in [0.25, 0.3) is 0 Å². The van der Waals surface area contributed by atoms with E-state index < -0.39 is 18.4 Å². The van der Waals surface area contributed by atoms with E-state index in [0.717, 1.165) is 5.56 Å². The number of Topliss-reactive ketones (excluding diaryl/α,β-unsaturated/α-hetero) is 2. The highest BCUT2D eigenvalue weighted by Crippen LogP contribution is 2.35. The Hall–Kier alpha value is -2.70. The lowest BCUT2D eigenvalue weighted by Crippen LogP contribution is -2.42. The van der Waals surface area contributed by atoms with Crippen molar-refractivity contribution >= 4 is 23.2 Å². The van der Waals surface area contributed by atoms with Gasteiger partial charge in [0, 0.05) is 25.0 Å². The number of hydrogen-bond donors (Lipinski definition) is 1. The largest absolute Gasteiger partial charge is 0.490 e. The van der Waals surface area contributed by atoms with Crippen LogP contribution in [0.5, 0.6) is 11.5 Å². The lowest BCUT2D eigenvalue weighted by Gasteiger charge is -2.32. The summed E-state index contributed by atoms with van der Waals surface area (Å²) < 4.78 is 11.2. The van der Waals surface area contributed by atoms with Gasteiger partial charge in [0.25, 0.3) is 0 Å². The quantitative estimate of drug-likeness (QED) is 0.502. The van der Waals surface area contributed by atoms with Gasteiger partial charge in [-0.1, -0.05) is 19.9 Å². The number of carbonyl (C=O) groups is 3. The lowest BCUT2D eigenvalue weighted by molar-refractivity contribution is -0.137. The second kappa shape index (κ2) is 9.67. The van der Waals surface area contributed by atoms with Gasteiger partial charge in [-0.3, -0.25) is 19.4 Å². The molecular formula is C22H29NO6. The van der Waals surface area contributed by atoms with Crippen molar-refractivity contribution in [1.29, 1.82) is 0 Å². The third kappa shape index (κ3) is 6.14. The van der Waals surface area contributed by atoms with Crippen molar-refractivity contribution in [2.24, 2.45) is 16.3 Å². The van der Waals surface area contributed by atoms with E-state index in [0.29, 0.717) is 30.4 Å². The first-order chi connectivity index (χ1) is 13.7. The smallest absolute Gasteiger partial charge is 0.325 e. The third-order valence-corrected chi connectivity index (χ3v) is 4.69. The van der Waals surface area contributed by atoms with Crippen LogP contribution in [0.4, 0.5) is 0 Å². The molecule has 1 aromatic rings. The van der Waals surface area contributed by atoms with Gasteiger partial charge in [0.05, 0.1) is 13.2 Å². The summed E-state index contributed by atoms with van der Waals surface area (Å²) in [6.07, 6.45) is 0.730. The molecular weight excluding hydrogens is 374 g/mol. The molecule has 29 heavy (non-hydrogen) atoms. The molecule has 1 aliphatic rings. The minimum atomic E-state index is -1.11. The van der Waals surface area contributed by atoms with Crippen LogP contribution in [0.3, 0.4) is 0 Å². The van der Waals surface area contributed by atoms with Crippen LogP contribution in [0.1, 0.15) is 46.1 Å². The minimum Gasteiger partial charge on any atom is -0.490 e. The molecule has 0 aliphatic heterocycles. The molecule has 1 fully saturated rings. The summed E-state index contributed by atoms with van der Waals surface area (Å²) in [5, 5.41) is 9.04. The van der Waals surface area contributed by atoms with Crippen LogP contribution in [0.15, 0.2) is 23.2 Å². The first-order valence-electron chi connectivity index (χ1n) is 9.85. The summed E-state index contributed by atoms with van der Waals surface area (Å²) in [6, 6.07) is 5.37. The number of benzene rings is 1. The van der Waals surface area contributed by atoms with Gasteiger partial charge in [0.2, 0.25) is 0 Å². The lowest BCUT2D eigenvalue weighted by atomic mass is 9.69. The predicted molar refractivity (Wildman–Crippen MR) is 109 cm³/mol. The van der Waals surface area contributed by atoms with Gasteiger partial charge < -0.3 is 14.6 Å². The van der Waals surface area contributed by atoms with Gasteiger partial charge in [-0.2, -0.15) is 0 Å². The van der Waals surface area contributed by atoms with E-state index in [1.165, 1.54) is 0 Å². The molecule has 0 bridgehead atoms. The Balaban J connectivity index is 2.36.